The highest BCUT2D eigenvalue weighted by Gasteiger charge is 2.32. The van der Waals surface area contributed by atoms with Gasteiger partial charge in [-0.1, -0.05) is 18.2 Å². The van der Waals surface area contributed by atoms with Gasteiger partial charge in [-0.05, 0) is 60.5 Å². The molecule has 0 radical (unpaired) electrons. The molecule has 0 unspecified atom stereocenters. The van der Waals surface area contributed by atoms with Crippen molar-refractivity contribution in [2.45, 2.75) is 31.0 Å². The Morgan fingerprint density at radius 3 is 2.43 bits per heavy atom. The van der Waals surface area contributed by atoms with Crippen molar-refractivity contribution in [2.24, 2.45) is 5.73 Å². The predicted molar refractivity (Wildman–Crippen MR) is 136 cm³/mol. The molecule has 3 aromatic rings. The number of amides is 2. The van der Waals surface area contributed by atoms with Crippen LogP contribution < -0.4 is 21.3 Å². The minimum atomic E-state index is -3.65. The topological polar surface area (TPSA) is 121 Å². The Kier molecular flexibility index (Phi) is 7.64. The Labute approximate surface area is 206 Å². The standard InChI is InChI=1S/C25H30N6O3S/c1-19-18-30(13-14-31(19)23-8-4-20(15-26)5-9-23)35(33,34)24-10-6-22(7-11-24)29-25(32)28-17-21-3-2-12-27-16-21/h2-12,16,19H,13-15,17-18,26H2,1H3,(H2,28,29,32)/t19-/m0/s1. The number of rotatable bonds is 7. The van der Waals surface area contributed by atoms with Crippen molar-refractivity contribution in [3.63, 3.8) is 0 Å². The van der Waals surface area contributed by atoms with Crippen molar-refractivity contribution in [3.8, 4) is 0 Å². The van der Waals surface area contributed by atoms with Crippen LogP contribution in [0.5, 0.6) is 0 Å². The highest BCUT2D eigenvalue weighted by Crippen LogP contribution is 2.25. The second-order valence-corrected chi connectivity index (χ2v) is 10.4. The first-order valence-corrected chi connectivity index (χ1v) is 12.9. The zero-order valence-corrected chi connectivity index (χ0v) is 20.4. The van der Waals surface area contributed by atoms with Gasteiger partial charge < -0.3 is 21.3 Å². The van der Waals surface area contributed by atoms with Crippen molar-refractivity contribution in [2.75, 3.05) is 29.9 Å². The fourth-order valence-electron chi connectivity index (χ4n) is 4.07. The third-order valence-electron chi connectivity index (χ3n) is 6.02. The molecule has 2 heterocycles. The molecular formula is C25H30N6O3S. The van der Waals surface area contributed by atoms with Crippen molar-refractivity contribution in [1.29, 1.82) is 0 Å². The molecule has 0 spiro atoms. The van der Waals surface area contributed by atoms with E-state index in [9.17, 15) is 13.2 Å². The normalized spacial score (nSPS) is 16.6. The average Bonchev–Trinajstić information content (AvgIpc) is 2.88. The van der Waals surface area contributed by atoms with E-state index in [0.29, 0.717) is 38.4 Å². The van der Waals surface area contributed by atoms with Crippen molar-refractivity contribution < 1.29 is 13.2 Å². The number of hydrogen-bond donors (Lipinski definition) is 3. The Hall–Kier alpha value is -3.47. The first-order chi connectivity index (χ1) is 16.9. The molecule has 1 aliphatic rings. The van der Waals surface area contributed by atoms with Crippen LogP contribution in [0.2, 0.25) is 0 Å². The lowest BCUT2D eigenvalue weighted by Gasteiger charge is -2.40. The third-order valence-corrected chi connectivity index (χ3v) is 7.90. The summed E-state index contributed by atoms with van der Waals surface area (Å²) in [6.45, 7) is 4.23. The lowest BCUT2D eigenvalue weighted by molar-refractivity contribution is 0.251. The molecule has 0 saturated carbocycles. The molecule has 1 atom stereocenters. The molecule has 184 valence electrons. The summed E-state index contributed by atoms with van der Waals surface area (Å²) in [7, 11) is -3.65. The number of sulfonamides is 1. The van der Waals surface area contributed by atoms with Crippen molar-refractivity contribution in [3.05, 3.63) is 84.2 Å². The largest absolute Gasteiger partial charge is 0.366 e. The highest BCUT2D eigenvalue weighted by molar-refractivity contribution is 7.89. The summed E-state index contributed by atoms with van der Waals surface area (Å²) < 4.78 is 28.0. The molecule has 35 heavy (non-hydrogen) atoms. The zero-order chi connectivity index (χ0) is 24.8. The number of anilines is 2. The minimum absolute atomic E-state index is 0.0201. The molecule has 0 bridgehead atoms. The van der Waals surface area contributed by atoms with Crippen LogP contribution in [-0.4, -0.2) is 49.4 Å². The Morgan fingerprint density at radius 2 is 1.80 bits per heavy atom. The number of pyridine rings is 1. The van der Waals surface area contributed by atoms with Crippen molar-refractivity contribution in [1.82, 2.24) is 14.6 Å². The van der Waals surface area contributed by atoms with Crippen LogP contribution in [0.15, 0.2) is 78.0 Å². The summed E-state index contributed by atoms with van der Waals surface area (Å²) >= 11 is 0. The van der Waals surface area contributed by atoms with Gasteiger partial charge in [0.2, 0.25) is 10.0 Å². The van der Waals surface area contributed by atoms with Crippen LogP contribution in [-0.2, 0) is 23.1 Å². The van der Waals surface area contributed by atoms with Crippen LogP contribution in [0.3, 0.4) is 0 Å². The van der Waals surface area contributed by atoms with Crippen LogP contribution in [0, 0.1) is 0 Å². The molecule has 0 aliphatic carbocycles. The van der Waals surface area contributed by atoms with Gasteiger partial charge in [0, 0.05) is 62.5 Å². The van der Waals surface area contributed by atoms with Gasteiger partial charge in [-0.3, -0.25) is 4.98 Å². The fourth-order valence-corrected chi connectivity index (χ4v) is 5.58. The van der Waals surface area contributed by atoms with Gasteiger partial charge in [-0.25, -0.2) is 13.2 Å². The Balaban J connectivity index is 1.35. The number of carbonyl (C=O) groups is 1. The van der Waals surface area contributed by atoms with E-state index in [1.165, 1.54) is 16.4 Å². The van der Waals surface area contributed by atoms with Crippen LogP contribution in [0.1, 0.15) is 18.1 Å². The summed E-state index contributed by atoms with van der Waals surface area (Å²) in [5.74, 6) is 0. The number of benzene rings is 2. The van der Waals surface area contributed by atoms with Gasteiger partial charge >= 0.3 is 6.03 Å². The number of urea groups is 1. The predicted octanol–water partition coefficient (Wildman–Crippen LogP) is 2.76. The summed E-state index contributed by atoms with van der Waals surface area (Å²) in [6, 6.07) is 17.6. The highest BCUT2D eigenvalue weighted by atomic mass is 32.2. The summed E-state index contributed by atoms with van der Waals surface area (Å²) in [4.78, 5) is 18.6. The molecule has 1 fully saturated rings. The maximum absolute atomic E-state index is 13.2. The molecule has 9 nitrogen and oxygen atoms in total. The monoisotopic (exact) mass is 494 g/mol. The van der Waals surface area contributed by atoms with E-state index in [1.54, 1.807) is 30.6 Å². The molecule has 10 heteroatoms. The number of hydrogen-bond acceptors (Lipinski definition) is 6. The van der Waals surface area contributed by atoms with Crippen LogP contribution >= 0.6 is 0 Å². The maximum Gasteiger partial charge on any atom is 0.319 e. The summed E-state index contributed by atoms with van der Waals surface area (Å²) in [6.07, 6.45) is 3.35. The second-order valence-electron chi connectivity index (χ2n) is 8.47. The van der Waals surface area contributed by atoms with Gasteiger partial charge in [0.25, 0.3) is 0 Å². The number of carbonyl (C=O) groups excluding carboxylic acids is 1. The van der Waals surface area contributed by atoms with Gasteiger partial charge in [-0.2, -0.15) is 4.31 Å². The molecule has 1 saturated heterocycles. The van der Waals surface area contributed by atoms with E-state index < -0.39 is 10.0 Å². The van der Waals surface area contributed by atoms with Gasteiger partial charge in [0.1, 0.15) is 0 Å². The zero-order valence-electron chi connectivity index (χ0n) is 19.6. The number of nitrogens with zero attached hydrogens (tertiary/aromatic N) is 3. The number of piperazine rings is 1. The molecule has 4 N–H and O–H groups in total. The summed E-state index contributed by atoms with van der Waals surface area (Å²) in [5, 5.41) is 5.46. The van der Waals surface area contributed by atoms with Gasteiger partial charge in [0.05, 0.1) is 4.90 Å². The van der Waals surface area contributed by atoms with E-state index in [0.717, 1.165) is 16.8 Å². The molecular weight excluding hydrogens is 464 g/mol. The fraction of sp³-hybridized carbons (Fsp3) is 0.280. The quantitative estimate of drug-likeness (QED) is 0.465. The smallest absolute Gasteiger partial charge is 0.319 e. The maximum atomic E-state index is 13.2. The summed E-state index contributed by atoms with van der Waals surface area (Å²) in [5.41, 5.74) is 9.19. The van der Waals surface area contributed by atoms with E-state index in [2.05, 4.69) is 20.5 Å². The number of nitrogens with two attached hydrogens (primary N) is 1. The van der Waals surface area contributed by atoms with Crippen LogP contribution in [0.4, 0.5) is 16.2 Å². The minimum Gasteiger partial charge on any atom is -0.366 e. The molecule has 2 amide bonds. The second kappa shape index (κ2) is 10.9. The lowest BCUT2D eigenvalue weighted by atomic mass is 10.1. The SMILES string of the molecule is C[C@H]1CN(S(=O)(=O)c2ccc(NC(=O)NCc3cccnc3)cc2)CCN1c1ccc(CN)cc1. The van der Waals surface area contributed by atoms with E-state index >= 15 is 0 Å². The first kappa shape index (κ1) is 24.6. The lowest BCUT2D eigenvalue weighted by Crippen LogP contribution is -2.53. The van der Waals surface area contributed by atoms with Crippen LogP contribution in [0.25, 0.3) is 0 Å². The van der Waals surface area contributed by atoms with E-state index in [-0.39, 0.29) is 17.0 Å². The first-order valence-electron chi connectivity index (χ1n) is 11.5. The number of nitrogens with one attached hydrogen (secondary N) is 2. The van der Waals surface area contributed by atoms with E-state index in [4.69, 9.17) is 5.73 Å². The molecule has 4 rings (SSSR count). The van der Waals surface area contributed by atoms with Gasteiger partial charge in [0.15, 0.2) is 0 Å². The Bertz CT molecular complexity index is 1230. The molecule has 1 aliphatic heterocycles. The average molecular weight is 495 g/mol. The molecule has 2 aromatic carbocycles. The Morgan fingerprint density at radius 1 is 1.06 bits per heavy atom. The molecule has 1 aromatic heterocycles. The van der Waals surface area contributed by atoms with Crippen molar-refractivity contribution >= 4 is 27.4 Å². The van der Waals surface area contributed by atoms with Gasteiger partial charge in [-0.15, -0.1) is 0 Å². The third kappa shape index (κ3) is 5.97. The van der Waals surface area contributed by atoms with E-state index in [1.807, 2.05) is 37.3 Å². The number of aromatic nitrogens is 1.